The molecule has 1 aromatic carbocycles. The molecule has 1 heterocycles. The van der Waals surface area contributed by atoms with Gasteiger partial charge < -0.3 is 10.1 Å². The molecule has 3 rings (SSSR count). The number of nitrogens with one attached hydrogen (secondary N) is 1. The summed E-state index contributed by atoms with van der Waals surface area (Å²) in [5, 5.41) is 3.08. The molecule has 204 valence electrons. The van der Waals surface area contributed by atoms with E-state index in [2.05, 4.69) is 17.2 Å². The Kier molecular flexibility index (Phi) is 10.5. The van der Waals surface area contributed by atoms with E-state index in [9.17, 15) is 14.4 Å². The molecule has 1 unspecified atom stereocenters. The first-order valence-corrected chi connectivity index (χ1v) is 13.8. The maximum atomic E-state index is 12.9. The first kappa shape index (κ1) is 29.8. The van der Waals surface area contributed by atoms with Crippen molar-refractivity contribution in [3.63, 3.8) is 0 Å². The number of carbonyl (C=O) groups excluding carboxylic acids is 3. The molecule has 0 saturated heterocycles. The molecule has 0 spiro atoms. The van der Waals surface area contributed by atoms with Crippen LogP contribution in [0.25, 0.3) is 0 Å². The van der Waals surface area contributed by atoms with Gasteiger partial charge in [-0.15, -0.1) is 0 Å². The molecule has 1 amide bonds. The minimum absolute atomic E-state index is 0.146. The van der Waals surface area contributed by atoms with Gasteiger partial charge in [0.2, 0.25) is 0 Å². The van der Waals surface area contributed by atoms with Crippen LogP contribution in [-0.2, 0) is 20.7 Å². The van der Waals surface area contributed by atoms with E-state index in [1.54, 1.807) is 19.1 Å². The zero-order valence-electron chi connectivity index (χ0n) is 22.4. The van der Waals surface area contributed by atoms with E-state index in [1.807, 2.05) is 26.0 Å². The molecular weight excluding hydrogens is 525 g/mol. The third-order valence-electron chi connectivity index (χ3n) is 6.82. The lowest BCUT2D eigenvalue weighted by Crippen LogP contribution is -2.56. The first-order chi connectivity index (χ1) is 18.1. The summed E-state index contributed by atoms with van der Waals surface area (Å²) in [7, 11) is 0. The summed E-state index contributed by atoms with van der Waals surface area (Å²) < 4.78 is 5.32. The molecule has 0 aliphatic heterocycles. The number of benzene rings is 1. The highest BCUT2D eigenvalue weighted by molar-refractivity contribution is 6.40. The van der Waals surface area contributed by atoms with Gasteiger partial charge in [0.05, 0.1) is 33.5 Å². The van der Waals surface area contributed by atoms with Crippen LogP contribution < -0.4 is 5.32 Å². The molecular formula is C29H35Cl2N3O4. The van der Waals surface area contributed by atoms with Crippen molar-refractivity contribution in [1.82, 2.24) is 4.98 Å². The predicted octanol–water partition coefficient (Wildman–Crippen LogP) is 6.75. The lowest BCUT2D eigenvalue weighted by molar-refractivity contribution is -0.144. The number of unbranched alkanes of at least 4 members (excludes halogenated alkanes) is 3. The van der Waals surface area contributed by atoms with Gasteiger partial charge in [-0.3, -0.25) is 19.6 Å². The molecule has 2 aromatic rings. The minimum atomic E-state index is -0.759. The second kappa shape index (κ2) is 13.3. The Morgan fingerprint density at radius 1 is 1.08 bits per heavy atom. The number of ether oxygens (including phenoxy) is 1. The number of halogens is 2. The van der Waals surface area contributed by atoms with Crippen LogP contribution in [0.3, 0.4) is 0 Å². The van der Waals surface area contributed by atoms with Gasteiger partial charge in [-0.1, -0.05) is 67.9 Å². The SMILES string of the molecule is CCCCCCC1C(=O)C(C)(C)C1=N[C@@H](Cc1ccc(NC(=O)c2c(Cl)cncc2Cl)cc1)C(=O)OCC. The Labute approximate surface area is 234 Å². The van der Waals surface area contributed by atoms with Crippen LogP contribution >= 0.6 is 23.2 Å². The highest BCUT2D eigenvalue weighted by Crippen LogP contribution is 2.41. The Morgan fingerprint density at radius 3 is 2.34 bits per heavy atom. The minimum Gasteiger partial charge on any atom is -0.464 e. The number of anilines is 1. The number of hydrogen-bond acceptors (Lipinski definition) is 6. The monoisotopic (exact) mass is 559 g/mol. The molecule has 0 radical (unpaired) electrons. The van der Waals surface area contributed by atoms with Crippen LogP contribution in [0.15, 0.2) is 41.7 Å². The number of pyridine rings is 1. The largest absolute Gasteiger partial charge is 0.464 e. The number of carbonyl (C=O) groups is 3. The Hall–Kier alpha value is -2.77. The number of hydrogen-bond donors (Lipinski definition) is 1. The molecule has 1 aliphatic rings. The van der Waals surface area contributed by atoms with Crippen LogP contribution in [0, 0.1) is 11.3 Å². The van der Waals surface area contributed by atoms with E-state index >= 15 is 0 Å². The summed E-state index contributed by atoms with van der Waals surface area (Å²) in [4.78, 5) is 47.0. The van der Waals surface area contributed by atoms with E-state index in [-0.39, 0.29) is 33.9 Å². The van der Waals surface area contributed by atoms with Gasteiger partial charge in [-0.05, 0) is 44.9 Å². The highest BCUT2D eigenvalue weighted by Gasteiger charge is 2.52. The average molecular weight is 561 g/mol. The van der Waals surface area contributed by atoms with Crippen molar-refractivity contribution in [1.29, 1.82) is 0 Å². The third kappa shape index (κ3) is 7.00. The molecule has 1 fully saturated rings. The number of Topliss-reactive ketones (excluding diaryl/α,β-unsaturated/α-hetero) is 1. The summed E-state index contributed by atoms with van der Waals surface area (Å²) in [6.45, 7) is 7.90. The summed E-state index contributed by atoms with van der Waals surface area (Å²) in [6, 6.07) is 6.34. The van der Waals surface area contributed by atoms with Crippen LogP contribution in [0.2, 0.25) is 10.0 Å². The van der Waals surface area contributed by atoms with Crippen LogP contribution in [0.4, 0.5) is 5.69 Å². The van der Waals surface area contributed by atoms with Gasteiger partial charge in [-0.25, -0.2) is 4.79 Å². The van der Waals surface area contributed by atoms with Crippen molar-refractivity contribution in [2.24, 2.45) is 16.3 Å². The van der Waals surface area contributed by atoms with E-state index < -0.39 is 23.3 Å². The summed E-state index contributed by atoms with van der Waals surface area (Å²) in [6.07, 6.45) is 8.10. The molecule has 2 atom stereocenters. The molecule has 38 heavy (non-hydrogen) atoms. The number of aromatic nitrogens is 1. The molecule has 9 heteroatoms. The topological polar surface area (TPSA) is 97.7 Å². The van der Waals surface area contributed by atoms with Crippen LogP contribution in [0.1, 0.15) is 75.7 Å². The maximum absolute atomic E-state index is 12.9. The number of esters is 1. The Balaban J connectivity index is 1.76. The first-order valence-electron chi connectivity index (χ1n) is 13.1. The van der Waals surface area contributed by atoms with Crippen molar-refractivity contribution >= 4 is 52.3 Å². The third-order valence-corrected chi connectivity index (χ3v) is 7.40. The number of rotatable bonds is 12. The molecule has 1 aromatic heterocycles. The van der Waals surface area contributed by atoms with Crippen LogP contribution in [0.5, 0.6) is 0 Å². The van der Waals surface area contributed by atoms with Gasteiger partial charge in [-0.2, -0.15) is 0 Å². The van der Waals surface area contributed by atoms with Crippen molar-refractivity contribution in [3.05, 3.63) is 57.8 Å². The fourth-order valence-electron chi connectivity index (χ4n) is 4.70. The van der Waals surface area contributed by atoms with E-state index in [4.69, 9.17) is 32.9 Å². The van der Waals surface area contributed by atoms with E-state index in [0.717, 1.165) is 43.4 Å². The van der Waals surface area contributed by atoms with Gasteiger partial charge in [0.25, 0.3) is 5.91 Å². The van der Waals surface area contributed by atoms with Crippen molar-refractivity contribution < 1.29 is 19.1 Å². The normalized spacial score (nSPS) is 18.1. The lowest BCUT2D eigenvalue weighted by atomic mass is 9.59. The number of amides is 1. The number of aliphatic imine (C=N–C) groups is 1. The Morgan fingerprint density at radius 2 is 1.74 bits per heavy atom. The molecule has 1 N–H and O–H groups in total. The zero-order chi connectivity index (χ0) is 27.9. The van der Waals surface area contributed by atoms with E-state index in [1.165, 1.54) is 12.4 Å². The quantitative estimate of drug-likeness (QED) is 0.229. The van der Waals surface area contributed by atoms with Crippen molar-refractivity contribution in [2.45, 2.75) is 72.3 Å². The lowest BCUT2D eigenvalue weighted by Gasteiger charge is -2.43. The van der Waals surface area contributed by atoms with Crippen molar-refractivity contribution in [3.8, 4) is 0 Å². The Bertz CT molecular complexity index is 1170. The smallest absolute Gasteiger partial charge is 0.331 e. The second-order valence-electron chi connectivity index (χ2n) is 10.0. The standard InChI is InChI=1S/C29H35Cl2N3O4/c1-5-7-8-9-10-20-25(29(3,4)26(20)35)34-23(28(37)38-6-2)15-18-11-13-19(14-12-18)33-27(36)24-21(30)16-32-17-22(24)31/h11-14,16-17,20,23H,5-10,15H2,1-4H3,(H,33,36)/t20?,23-/m0/s1. The predicted molar refractivity (Wildman–Crippen MR) is 151 cm³/mol. The van der Waals surface area contributed by atoms with Crippen molar-refractivity contribution in [2.75, 3.05) is 11.9 Å². The molecule has 7 nitrogen and oxygen atoms in total. The summed E-state index contributed by atoms with van der Waals surface area (Å²) >= 11 is 12.2. The van der Waals surface area contributed by atoms with Gasteiger partial charge >= 0.3 is 5.97 Å². The van der Waals surface area contributed by atoms with Crippen LogP contribution in [-0.4, -0.2) is 41.0 Å². The fraction of sp³-hybridized carbons (Fsp3) is 0.483. The highest BCUT2D eigenvalue weighted by atomic mass is 35.5. The van der Waals surface area contributed by atoms with E-state index in [0.29, 0.717) is 12.1 Å². The summed E-state index contributed by atoms with van der Waals surface area (Å²) in [5.74, 6) is -0.917. The molecule has 0 bridgehead atoms. The summed E-state index contributed by atoms with van der Waals surface area (Å²) in [5.41, 5.74) is 1.64. The molecule has 1 aliphatic carbocycles. The maximum Gasteiger partial charge on any atom is 0.331 e. The average Bonchev–Trinajstić information content (AvgIpc) is 2.88. The number of nitrogens with zero attached hydrogens (tertiary/aromatic N) is 2. The fourth-order valence-corrected chi connectivity index (χ4v) is 5.23. The number of ketones is 1. The molecule has 1 saturated carbocycles. The zero-order valence-corrected chi connectivity index (χ0v) is 23.9. The van der Waals surface area contributed by atoms with Gasteiger partial charge in [0, 0.05) is 30.2 Å². The van der Waals surface area contributed by atoms with Gasteiger partial charge in [0.15, 0.2) is 11.8 Å². The van der Waals surface area contributed by atoms with Gasteiger partial charge in [0.1, 0.15) is 0 Å². The second-order valence-corrected chi connectivity index (χ2v) is 10.8.